The lowest BCUT2D eigenvalue weighted by Gasteiger charge is -1.96. The molecular weight excluding hydrogens is 228 g/mol. The molecule has 0 saturated heterocycles. The monoisotopic (exact) mass is 240 g/mol. The Labute approximate surface area is 104 Å². The van der Waals surface area contributed by atoms with Gasteiger partial charge in [0.1, 0.15) is 0 Å². The van der Waals surface area contributed by atoms with Gasteiger partial charge in [0.2, 0.25) is 0 Å². The van der Waals surface area contributed by atoms with Crippen LogP contribution < -0.4 is 0 Å². The lowest BCUT2D eigenvalue weighted by atomic mass is 10.1. The van der Waals surface area contributed by atoms with E-state index in [4.69, 9.17) is 0 Å². The molecule has 2 heteroatoms. The van der Waals surface area contributed by atoms with E-state index < -0.39 is 0 Å². The van der Waals surface area contributed by atoms with E-state index in [1.807, 2.05) is 30.3 Å². The number of hydrogen-bond donors (Lipinski definition) is 1. The standard InChI is InChI=1S/C15H12OS/c16-10-12-7-4-8-14-13(12)9-15(17-14)11-5-2-1-3-6-11/h1-9,16H,10H2. The number of aliphatic hydroxyl groups is 1. The molecule has 1 heterocycles. The fourth-order valence-corrected chi connectivity index (χ4v) is 3.12. The number of hydrogen-bond acceptors (Lipinski definition) is 2. The minimum absolute atomic E-state index is 0.0995. The van der Waals surface area contributed by atoms with Crippen LogP contribution in [0.2, 0.25) is 0 Å². The van der Waals surface area contributed by atoms with Gasteiger partial charge in [0.15, 0.2) is 0 Å². The third-order valence-corrected chi connectivity index (χ3v) is 4.03. The van der Waals surface area contributed by atoms with Crippen molar-refractivity contribution in [3.05, 3.63) is 60.2 Å². The molecule has 0 amide bonds. The topological polar surface area (TPSA) is 20.2 Å². The van der Waals surface area contributed by atoms with Crippen molar-refractivity contribution in [1.29, 1.82) is 0 Å². The summed E-state index contributed by atoms with van der Waals surface area (Å²) in [5, 5.41) is 10.5. The number of benzene rings is 2. The van der Waals surface area contributed by atoms with E-state index in [1.165, 1.54) is 20.5 Å². The van der Waals surface area contributed by atoms with E-state index in [-0.39, 0.29) is 6.61 Å². The largest absolute Gasteiger partial charge is 0.392 e. The minimum atomic E-state index is 0.0995. The van der Waals surface area contributed by atoms with Crippen LogP contribution in [0.25, 0.3) is 20.5 Å². The third-order valence-electron chi connectivity index (χ3n) is 2.88. The lowest BCUT2D eigenvalue weighted by molar-refractivity contribution is 0.283. The molecule has 0 aliphatic carbocycles. The molecular formula is C15H12OS. The molecule has 0 fully saturated rings. The van der Waals surface area contributed by atoms with Gasteiger partial charge in [0, 0.05) is 9.58 Å². The summed E-state index contributed by atoms with van der Waals surface area (Å²) in [6.45, 7) is 0.0995. The summed E-state index contributed by atoms with van der Waals surface area (Å²) in [7, 11) is 0. The van der Waals surface area contributed by atoms with Crippen LogP contribution in [0.1, 0.15) is 5.56 Å². The highest BCUT2D eigenvalue weighted by molar-refractivity contribution is 7.22. The second-order valence-corrected chi connectivity index (χ2v) is 5.05. The molecule has 0 aliphatic heterocycles. The SMILES string of the molecule is OCc1cccc2sc(-c3ccccc3)cc12. The Morgan fingerprint density at radius 3 is 2.53 bits per heavy atom. The van der Waals surface area contributed by atoms with Crippen molar-refractivity contribution in [2.24, 2.45) is 0 Å². The highest BCUT2D eigenvalue weighted by Gasteiger charge is 2.06. The molecule has 1 nitrogen and oxygen atoms in total. The van der Waals surface area contributed by atoms with Crippen molar-refractivity contribution in [2.45, 2.75) is 6.61 Å². The molecule has 17 heavy (non-hydrogen) atoms. The van der Waals surface area contributed by atoms with Crippen molar-refractivity contribution in [3.63, 3.8) is 0 Å². The van der Waals surface area contributed by atoms with Crippen LogP contribution in [0.15, 0.2) is 54.6 Å². The Kier molecular flexibility index (Phi) is 2.67. The Hall–Kier alpha value is -1.64. The lowest BCUT2D eigenvalue weighted by Crippen LogP contribution is -1.81. The quantitative estimate of drug-likeness (QED) is 0.716. The Morgan fingerprint density at radius 1 is 0.941 bits per heavy atom. The van der Waals surface area contributed by atoms with Gasteiger partial charge in [-0.25, -0.2) is 0 Å². The molecule has 2 aromatic carbocycles. The first-order chi connectivity index (χ1) is 8.38. The molecule has 0 spiro atoms. The summed E-state index contributed by atoms with van der Waals surface area (Å²) < 4.78 is 1.23. The summed E-state index contributed by atoms with van der Waals surface area (Å²) in [4.78, 5) is 1.25. The second-order valence-electron chi connectivity index (χ2n) is 3.96. The van der Waals surface area contributed by atoms with Gasteiger partial charge in [-0.3, -0.25) is 0 Å². The molecule has 0 saturated carbocycles. The molecule has 0 atom stereocenters. The molecule has 3 aromatic rings. The van der Waals surface area contributed by atoms with E-state index in [0.29, 0.717) is 0 Å². The maximum atomic E-state index is 9.32. The van der Waals surface area contributed by atoms with Crippen LogP contribution in [0.4, 0.5) is 0 Å². The van der Waals surface area contributed by atoms with Gasteiger partial charge in [-0.2, -0.15) is 0 Å². The van der Waals surface area contributed by atoms with Crippen LogP contribution in [-0.4, -0.2) is 5.11 Å². The summed E-state index contributed by atoms with van der Waals surface area (Å²) in [6, 6.07) is 18.6. The number of thiophene rings is 1. The van der Waals surface area contributed by atoms with Crippen LogP contribution in [-0.2, 0) is 6.61 Å². The first kappa shape index (κ1) is 10.5. The van der Waals surface area contributed by atoms with Gasteiger partial charge in [-0.15, -0.1) is 11.3 Å². The van der Waals surface area contributed by atoms with E-state index in [1.54, 1.807) is 11.3 Å². The molecule has 3 rings (SSSR count). The van der Waals surface area contributed by atoms with Gasteiger partial charge in [-0.1, -0.05) is 42.5 Å². The third kappa shape index (κ3) is 1.86. The van der Waals surface area contributed by atoms with Crippen molar-refractivity contribution < 1.29 is 5.11 Å². The summed E-state index contributed by atoms with van der Waals surface area (Å²) >= 11 is 1.77. The number of aliphatic hydroxyl groups excluding tert-OH is 1. The Morgan fingerprint density at radius 2 is 1.76 bits per heavy atom. The highest BCUT2D eigenvalue weighted by atomic mass is 32.1. The molecule has 0 radical (unpaired) electrons. The second kappa shape index (κ2) is 4.32. The van der Waals surface area contributed by atoms with Crippen molar-refractivity contribution in [1.82, 2.24) is 0 Å². The van der Waals surface area contributed by atoms with Crippen molar-refractivity contribution >= 4 is 21.4 Å². The van der Waals surface area contributed by atoms with E-state index in [2.05, 4.69) is 24.3 Å². The highest BCUT2D eigenvalue weighted by Crippen LogP contribution is 2.34. The van der Waals surface area contributed by atoms with E-state index >= 15 is 0 Å². The predicted molar refractivity (Wildman–Crippen MR) is 73.2 cm³/mol. The minimum Gasteiger partial charge on any atom is -0.392 e. The van der Waals surface area contributed by atoms with Crippen LogP contribution in [0, 0.1) is 0 Å². The summed E-state index contributed by atoms with van der Waals surface area (Å²) in [5.41, 5.74) is 2.23. The fourth-order valence-electron chi connectivity index (χ4n) is 2.00. The Bertz CT molecular complexity index is 640. The van der Waals surface area contributed by atoms with E-state index in [9.17, 15) is 5.11 Å². The normalized spacial score (nSPS) is 10.9. The maximum Gasteiger partial charge on any atom is 0.0688 e. The smallest absolute Gasteiger partial charge is 0.0688 e. The summed E-state index contributed by atoms with van der Waals surface area (Å²) in [5.74, 6) is 0. The average molecular weight is 240 g/mol. The van der Waals surface area contributed by atoms with Crippen LogP contribution >= 0.6 is 11.3 Å². The van der Waals surface area contributed by atoms with Gasteiger partial charge in [0.25, 0.3) is 0 Å². The average Bonchev–Trinajstić information content (AvgIpc) is 2.83. The molecule has 0 aliphatic rings. The van der Waals surface area contributed by atoms with Gasteiger partial charge >= 0.3 is 0 Å². The summed E-state index contributed by atoms with van der Waals surface area (Å²) in [6.07, 6.45) is 0. The predicted octanol–water partition coefficient (Wildman–Crippen LogP) is 4.06. The zero-order valence-electron chi connectivity index (χ0n) is 9.26. The van der Waals surface area contributed by atoms with Crippen LogP contribution in [0.3, 0.4) is 0 Å². The molecule has 0 bridgehead atoms. The van der Waals surface area contributed by atoms with Gasteiger partial charge < -0.3 is 5.11 Å². The first-order valence-corrected chi connectivity index (χ1v) is 6.38. The zero-order valence-corrected chi connectivity index (χ0v) is 10.1. The molecule has 1 aromatic heterocycles. The maximum absolute atomic E-state index is 9.32. The molecule has 84 valence electrons. The number of fused-ring (bicyclic) bond motifs is 1. The van der Waals surface area contributed by atoms with Gasteiger partial charge in [-0.05, 0) is 28.6 Å². The number of rotatable bonds is 2. The molecule has 0 unspecified atom stereocenters. The van der Waals surface area contributed by atoms with Crippen LogP contribution in [0.5, 0.6) is 0 Å². The van der Waals surface area contributed by atoms with Gasteiger partial charge in [0.05, 0.1) is 6.61 Å². The van der Waals surface area contributed by atoms with Crippen molar-refractivity contribution in [3.8, 4) is 10.4 Å². The van der Waals surface area contributed by atoms with Crippen molar-refractivity contribution in [2.75, 3.05) is 0 Å². The fraction of sp³-hybridized carbons (Fsp3) is 0.0667. The Balaban J connectivity index is 2.20. The molecule has 1 N–H and O–H groups in total. The van der Waals surface area contributed by atoms with E-state index in [0.717, 1.165) is 5.56 Å². The zero-order chi connectivity index (χ0) is 11.7. The first-order valence-electron chi connectivity index (χ1n) is 5.56.